The maximum atomic E-state index is 11.3. The molecule has 0 aromatic carbocycles. The van der Waals surface area contributed by atoms with Crippen LogP contribution in [0.2, 0.25) is 0 Å². The van der Waals surface area contributed by atoms with Crippen molar-refractivity contribution >= 4 is 46.9 Å². The highest BCUT2D eigenvalue weighted by molar-refractivity contribution is 7.61. The third-order valence-corrected chi connectivity index (χ3v) is 9.62. The van der Waals surface area contributed by atoms with E-state index in [2.05, 4.69) is 36.2 Å². The Hall–Kier alpha value is 0.500. The van der Waals surface area contributed by atoms with E-state index in [0.717, 1.165) is 0 Å². The Balaban J connectivity index is 0.000000440. The van der Waals surface area contributed by atoms with E-state index in [4.69, 9.17) is 48.9 Å². The number of aliphatic hydroxyl groups is 4. The number of hydrogen-bond acceptors (Lipinski definition) is 18. The van der Waals surface area contributed by atoms with Crippen LogP contribution >= 0.6 is 46.9 Å². The van der Waals surface area contributed by atoms with Gasteiger partial charge in [-0.25, -0.2) is 27.4 Å². The summed E-state index contributed by atoms with van der Waals surface area (Å²) in [5.41, 5.74) is 0. The van der Waals surface area contributed by atoms with Gasteiger partial charge in [0, 0.05) is 0 Å². The third-order valence-electron chi connectivity index (χ3n) is 4.34. The van der Waals surface area contributed by atoms with Gasteiger partial charge in [0.2, 0.25) is 0 Å². The van der Waals surface area contributed by atoms with Crippen molar-refractivity contribution < 1.29 is 133 Å². The van der Waals surface area contributed by atoms with Crippen LogP contribution in [0.3, 0.4) is 0 Å². The standard InChI is InChI=1S/2C5H13O14P3/c2*6-3-2(1-16-20(8,9)10)17-5(4(3)7)18-22(14,15)19-21(11,12)13/h2*2-7H,1H2,(H,14,15)(H2,8,9,10)(H2,11,12,13)/t2*2-,3-,4-,5-/m11/s1. The molecule has 2 heterocycles. The molecule has 264 valence electrons. The largest absolute Gasteiger partial charge is 0.483 e. The highest BCUT2D eigenvalue weighted by Gasteiger charge is 2.50. The Morgan fingerprint density at radius 2 is 0.727 bits per heavy atom. The van der Waals surface area contributed by atoms with Gasteiger partial charge in [0.15, 0.2) is 12.6 Å². The molecule has 44 heavy (non-hydrogen) atoms. The fraction of sp³-hybridized carbons (Fsp3) is 1.00. The summed E-state index contributed by atoms with van der Waals surface area (Å²) in [6.45, 7) is -1.81. The molecule has 10 atom stereocenters. The summed E-state index contributed by atoms with van der Waals surface area (Å²) < 4.78 is 96.9. The zero-order chi connectivity index (χ0) is 34.7. The molecule has 2 aliphatic heterocycles. The van der Waals surface area contributed by atoms with E-state index in [1.54, 1.807) is 0 Å². The average molecular weight is 780 g/mol. The lowest BCUT2D eigenvalue weighted by Crippen LogP contribution is -2.34. The highest BCUT2D eigenvalue weighted by Crippen LogP contribution is 2.60. The van der Waals surface area contributed by atoms with Crippen LogP contribution in [0.25, 0.3) is 0 Å². The van der Waals surface area contributed by atoms with E-state index in [-0.39, 0.29) is 0 Å². The van der Waals surface area contributed by atoms with Gasteiger partial charge in [0.1, 0.15) is 36.6 Å². The molecule has 2 aliphatic rings. The Labute approximate surface area is 242 Å². The normalized spacial score (nSPS) is 32.9. The van der Waals surface area contributed by atoms with E-state index < -0.39 is 109 Å². The van der Waals surface area contributed by atoms with Gasteiger partial charge in [-0.15, -0.1) is 0 Å². The van der Waals surface area contributed by atoms with Crippen LogP contribution in [0, 0.1) is 0 Å². The summed E-state index contributed by atoms with van der Waals surface area (Å²) in [4.78, 5) is 85.6. The quantitative estimate of drug-likeness (QED) is 0.0739. The first kappa shape index (κ1) is 42.5. The molecule has 2 saturated heterocycles. The summed E-state index contributed by atoms with van der Waals surface area (Å²) in [6, 6.07) is 0. The van der Waals surface area contributed by atoms with Gasteiger partial charge < -0.3 is 78.8 Å². The zero-order valence-electron chi connectivity index (χ0n) is 20.7. The van der Waals surface area contributed by atoms with Crippen LogP contribution in [0.4, 0.5) is 0 Å². The fourth-order valence-electron chi connectivity index (χ4n) is 2.79. The summed E-state index contributed by atoms with van der Waals surface area (Å²) >= 11 is 0. The second kappa shape index (κ2) is 15.8. The number of phosphoric acid groups is 6. The van der Waals surface area contributed by atoms with Gasteiger partial charge >= 0.3 is 46.9 Å². The molecule has 0 bridgehead atoms. The van der Waals surface area contributed by atoms with Crippen LogP contribution in [0.5, 0.6) is 0 Å². The van der Waals surface area contributed by atoms with Gasteiger partial charge in [-0.1, -0.05) is 0 Å². The number of aliphatic hydroxyl groups excluding tert-OH is 4. The van der Waals surface area contributed by atoms with Crippen molar-refractivity contribution in [2.24, 2.45) is 0 Å². The molecule has 28 nitrogen and oxygen atoms in total. The Kier molecular flexibility index (Phi) is 15.3. The molecule has 2 fully saturated rings. The number of ether oxygens (including phenoxy) is 2. The van der Waals surface area contributed by atoms with Crippen molar-refractivity contribution in [3.63, 3.8) is 0 Å². The topological polar surface area (TPSA) is 459 Å². The van der Waals surface area contributed by atoms with Crippen molar-refractivity contribution in [1.29, 1.82) is 0 Å². The zero-order valence-corrected chi connectivity index (χ0v) is 26.1. The van der Waals surface area contributed by atoms with E-state index >= 15 is 0 Å². The SMILES string of the molecule is O=P(O)(O)OC[C@H]1O[C@H](OP(=O)(O)OP(=O)(O)O)[C@H](O)[C@@H]1O.O=P(O)(O)OC[C@H]1O[C@H](OP(=O)(O)OP(=O)(O)O)[C@H](O)[C@@H]1O. The van der Waals surface area contributed by atoms with Crippen molar-refractivity contribution in [2.75, 3.05) is 13.2 Å². The van der Waals surface area contributed by atoms with Crippen molar-refractivity contribution in [2.45, 2.75) is 49.2 Å². The number of hydrogen-bond donors (Lipinski definition) is 14. The number of rotatable bonds is 14. The molecular formula is C10H26O28P6. The van der Waals surface area contributed by atoms with Crippen LogP contribution in [0.1, 0.15) is 0 Å². The second-order valence-corrected chi connectivity index (χ2v) is 16.0. The molecule has 0 aliphatic carbocycles. The summed E-state index contributed by atoms with van der Waals surface area (Å²) in [5.74, 6) is 0. The van der Waals surface area contributed by atoms with E-state index in [0.29, 0.717) is 0 Å². The van der Waals surface area contributed by atoms with Gasteiger partial charge in [-0.3, -0.25) is 18.1 Å². The second-order valence-electron chi connectivity index (χ2n) is 7.91. The van der Waals surface area contributed by atoms with E-state index in [1.807, 2.05) is 0 Å². The molecule has 0 amide bonds. The monoisotopic (exact) mass is 780 g/mol. The molecule has 2 rings (SSSR count). The van der Waals surface area contributed by atoms with Gasteiger partial charge in [-0.2, -0.15) is 8.62 Å². The average Bonchev–Trinajstić information content (AvgIpc) is 3.16. The first-order chi connectivity index (χ1) is 19.4. The van der Waals surface area contributed by atoms with Gasteiger partial charge in [-0.05, 0) is 0 Å². The third kappa shape index (κ3) is 16.6. The maximum absolute atomic E-state index is 11.3. The minimum atomic E-state index is -5.39. The van der Waals surface area contributed by atoms with Crippen LogP contribution < -0.4 is 0 Å². The van der Waals surface area contributed by atoms with Crippen LogP contribution in [-0.4, -0.2) is 132 Å². The van der Waals surface area contributed by atoms with Crippen LogP contribution in [-0.2, 0) is 63.6 Å². The van der Waals surface area contributed by atoms with Gasteiger partial charge in [0.25, 0.3) is 0 Å². The Morgan fingerprint density at radius 1 is 0.455 bits per heavy atom. The van der Waals surface area contributed by atoms with E-state index in [9.17, 15) is 47.8 Å². The van der Waals surface area contributed by atoms with Gasteiger partial charge in [0.05, 0.1) is 13.2 Å². The summed E-state index contributed by atoms with van der Waals surface area (Å²) in [5, 5.41) is 38.0. The minimum absolute atomic E-state index is 0.905. The van der Waals surface area contributed by atoms with Crippen LogP contribution in [0.15, 0.2) is 0 Å². The lowest BCUT2D eigenvalue weighted by molar-refractivity contribution is -0.125. The fourth-order valence-corrected chi connectivity index (χ4v) is 6.80. The first-order valence-corrected chi connectivity index (χ1v) is 19.5. The van der Waals surface area contributed by atoms with Crippen molar-refractivity contribution in [3.8, 4) is 0 Å². The molecule has 34 heteroatoms. The molecule has 0 aromatic rings. The molecule has 0 spiro atoms. The highest BCUT2D eigenvalue weighted by atomic mass is 31.3. The Morgan fingerprint density at radius 3 is 0.955 bits per heavy atom. The predicted molar refractivity (Wildman–Crippen MR) is 125 cm³/mol. The smallest absolute Gasteiger partial charge is 0.387 e. The summed E-state index contributed by atoms with van der Waals surface area (Å²) in [6.07, 6.45) is -14.9. The maximum Gasteiger partial charge on any atom is 0.483 e. The predicted octanol–water partition coefficient (Wildman–Crippen LogP) is -4.46. The molecule has 0 aromatic heterocycles. The molecular weight excluding hydrogens is 754 g/mol. The Bertz CT molecular complexity index is 1140. The summed E-state index contributed by atoms with van der Waals surface area (Å²) in [7, 11) is -31.3. The molecule has 14 N–H and O–H groups in total. The molecule has 0 radical (unpaired) electrons. The first-order valence-electron chi connectivity index (χ1n) is 10.4. The van der Waals surface area contributed by atoms with E-state index in [1.165, 1.54) is 0 Å². The van der Waals surface area contributed by atoms with Crippen molar-refractivity contribution in [3.05, 3.63) is 0 Å². The van der Waals surface area contributed by atoms with Crippen molar-refractivity contribution in [1.82, 2.24) is 0 Å². The molecule has 2 unspecified atom stereocenters. The molecule has 0 saturated carbocycles. The number of phosphoric ester groups is 4. The lowest BCUT2D eigenvalue weighted by atomic mass is 10.1. The minimum Gasteiger partial charge on any atom is -0.387 e. The lowest BCUT2D eigenvalue weighted by Gasteiger charge is -2.19.